The van der Waals surface area contributed by atoms with Crippen LogP contribution in [-0.2, 0) is 30.7 Å². The van der Waals surface area contributed by atoms with E-state index in [9.17, 15) is 14.4 Å². The second kappa shape index (κ2) is 5.63. The summed E-state index contributed by atoms with van der Waals surface area (Å²) in [7, 11) is 0. The molecular formula is C14H17N5O3. The average molecular weight is 303 g/mol. The van der Waals surface area contributed by atoms with Gasteiger partial charge >= 0.3 is 5.69 Å². The number of carbonyl (C=O) groups excluding carboxylic acids is 1. The third kappa shape index (κ3) is 2.72. The monoisotopic (exact) mass is 303 g/mol. The van der Waals surface area contributed by atoms with Crippen LogP contribution in [0.5, 0.6) is 0 Å². The zero-order chi connectivity index (χ0) is 15.7. The van der Waals surface area contributed by atoms with E-state index in [1.165, 1.54) is 16.3 Å². The van der Waals surface area contributed by atoms with Crippen molar-refractivity contribution in [2.75, 3.05) is 0 Å². The zero-order valence-electron chi connectivity index (χ0n) is 12.2. The molecule has 0 atom stereocenters. The normalized spacial score (nSPS) is 13.1. The van der Waals surface area contributed by atoms with Crippen molar-refractivity contribution in [2.45, 2.75) is 39.3 Å². The molecule has 0 radical (unpaired) electrons. The van der Waals surface area contributed by atoms with Crippen LogP contribution in [0.3, 0.4) is 0 Å². The van der Waals surface area contributed by atoms with Gasteiger partial charge in [-0.1, -0.05) is 0 Å². The van der Waals surface area contributed by atoms with Crippen LogP contribution < -0.4 is 16.6 Å². The minimum atomic E-state index is -0.591. The molecule has 8 heteroatoms. The Morgan fingerprint density at radius 2 is 2.23 bits per heavy atom. The lowest BCUT2D eigenvalue weighted by atomic mass is 10.2. The molecule has 8 nitrogen and oxygen atoms in total. The molecule has 0 unspecified atom stereocenters. The van der Waals surface area contributed by atoms with Crippen molar-refractivity contribution in [3.63, 3.8) is 0 Å². The van der Waals surface area contributed by atoms with E-state index >= 15 is 0 Å². The Hall–Kier alpha value is -2.64. The molecule has 0 aromatic carbocycles. The zero-order valence-corrected chi connectivity index (χ0v) is 12.2. The molecule has 0 aliphatic heterocycles. The summed E-state index contributed by atoms with van der Waals surface area (Å²) in [5, 5.41) is 9.94. The summed E-state index contributed by atoms with van der Waals surface area (Å²) < 4.78 is 1.18. The molecule has 0 saturated carbocycles. The summed E-state index contributed by atoms with van der Waals surface area (Å²) in [4.78, 5) is 37.0. The minimum absolute atomic E-state index is 0.136. The highest BCUT2D eigenvalue weighted by molar-refractivity contribution is 5.75. The third-order valence-electron chi connectivity index (χ3n) is 3.85. The average Bonchev–Trinajstić information content (AvgIpc) is 3.06. The maximum atomic E-state index is 12.0. The van der Waals surface area contributed by atoms with Crippen molar-refractivity contribution >= 4 is 5.91 Å². The fourth-order valence-electron chi connectivity index (χ4n) is 2.66. The van der Waals surface area contributed by atoms with Gasteiger partial charge in [0.15, 0.2) is 0 Å². The fourth-order valence-corrected chi connectivity index (χ4v) is 2.66. The predicted molar refractivity (Wildman–Crippen MR) is 78.5 cm³/mol. The van der Waals surface area contributed by atoms with Gasteiger partial charge in [-0.25, -0.2) is 4.79 Å². The summed E-state index contributed by atoms with van der Waals surface area (Å²) in [6.07, 6.45) is 4.47. The van der Waals surface area contributed by atoms with Crippen LogP contribution >= 0.6 is 0 Å². The summed E-state index contributed by atoms with van der Waals surface area (Å²) in [6, 6.07) is 0. The molecule has 1 aliphatic carbocycles. The number of aromatic amines is 2. The minimum Gasteiger partial charge on any atom is -0.349 e. The van der Waals surface area contributed by atoms with Crippen LogP contribution in [-0.4, -0.2) is 25.7 Å². The van der Waals surface area contributed by atoms with Crippen molar-refractivity contribution in [2.24, 2.45) is 0 Å². The van der Waals surface area contributed by atoms with Gasteiger partial charge < -0.3 is 5.32 Å². The summed E-state index contributed by atoms with van der Waals surface area (Å²) in [5.41, 5.74) is 2.55. The Labute approximate surface area is 125 Å². The second-order valence-electron chi connectivity index (χ2n) is 5.46. The lowest BCUT2D eigenvalue weighted by molar-refractivity contribution is -0.121. The SMILES string of the molecule is Cc1cn(CC(=O)NCc2n[nH]c3c2CCC3)c(=O)[nH]c1=O. The Kier molecular flexibility index (Phi) is 3.66. The molecule has 2 aromatic heterocycles. The molecule has 1 aliphatic rings. The van der Waals surface area contributed by atoms with Crippen molar-refractivity contribution < 1.29 is 4.79 Å². The van der Waals surface area contributed by atoms with Crippen LogP contribution in [0.25, 0.3) is 0 Å². The van der Waals surface area contributed by atoms with Crippen LogP contribution in [0.15, 0.2) is 15.8 Å². The number of nitrogens with one attached hydrogen (secondary N) is 3. The predicted octanol–water partition coefficient (Wildman–Crippen LogP) is -0.627. The Morgan fingerprint density at radius 3 is 3.05 bits per heavy atom. The molecule has 0 bridgehead atoms. The summed E-state index contributed by atoms with van der Waals surface area (Å²) in [5.74, 6) is -0.303. The number of amides is 1. The molecule has 2 heterocycles. The molecule has 3 rings (SSSR count). The van der Waals surface area contributed by atoms with E-state index in [1.54, 1.807) is 6.92 Å². The first-order valence-electron chi connectivity index (χ1n) is 7.16. The van der Waals surface area contributed by atoms with Gasteiger partial charge in [-0.05, 0) is 31.7 Å². The summed E-state index contributed by atoms with van der Waals surface area (Å²) in [6.45, 7) is 1.78. The molecule has 22 heavy (non-hydrogen) atoms. The highest BCUT2D eigenvalue weighted by Crippen LogP contribution is 2.22. The standard InChI is InChI=1S/C14H17N5O3/c1-8-6-19(14(22)16-13(8)21)7-12(20)15-5-11-9-3-2-4-10(9)17-18-11/h6H,2-5,7H2,1H3,(H,15,20)(H,17,18)(H,16,21,22). The van der Waals surface area contributed by atoms with Crippen LogP contribution in [0.2, 0.25) is 0 Å². The number of carbonyl (C=O) groups is 1. The number of fused-ring (bicyclic) bond motifs is 1. The van der Waals surface area contributed by atoms with E-state index in [4.69, 9.17) is 0 Å². The van der Waals surface area contributed by atoms with Crippen LogP contribution in [0, 0.1) is 6.92 Å². The third-order valence-corrected chi connectivity index (χ3v) is 3.85. The first-order chi connectivity index (χ1) is 10.5. The molecule has 0 saturated heterocycles. The van der Waals surface area contributed by atoms with E-state index in [1.807, 2.05) is 0 Å². The maximum absolute atomic E-state index is 12.0. The van der Waals surface area contributed by atoms with Gasteiger partial charge in [-0.3, -0.25) is 24.2 Å². The highest BCUT2D eigenvalue weighted by Gasteiger charge is 2.18. The van der Waals surface area contributed by atoms with Crippen LogP contribution in [0.4, 0.5) is 0 Å². The van der Waals surface area contributed by atoms with Gasteiger partial charge in [-0.15, -0.1) is 0 Å². The first-order valence-corrected chi connectivity index (χ1v) is 7.16. The van der Waals surface area contributed by atoms with Gasteiger partial charge in [0.2, 0.25) is 5.91 Å². The van der Waals surface area contributed by atoms with Gasteiger partial charge in [0.25, 0.3) is 5.56 Å². The molecular weight excluding hydrogens is 286 g/mol. The fraction of sp³-hybridized carbons (Fsp3) is 0.429. The number of aromatic nitrogens is 4. The number of rotatable bonds is 4. The van der Waals surface area contributed by atoms with E-state index in [-0.39, 0.29) is 12.5 Å². The first kappa shape index (κ1) is 14.3. The van der Waals surface area contributed by atoms with Crippen molar-refractivity contribution in [1.82, 2.24) is 25.1 Å². The molecule has 2 aromatic rings. The van der Waals surface area contributed by atoms with Crippen LogP contribution in [0.1, 0.15) is 28.9 Å². The Balaban J connectivity index is 1.64. The number of hydrogen-bond acceptors (Lipinski definition) is 4. The molecule has 0 spiro atoms. The highest BCUT2D eigenvalue weighted by atomic mass is 16.2. The maximum Gasteiger partial charge on any atom is 0.328 e. The van der Waals surface area contributed by atoms with Crippen molar-refractivity contribution in [3.8, 4) is 0 Å². The lowest BCUT2D eigenvalue weighted by Gasteiger charge is -2.07. The smallest absolute Gasteiger partial charge is 0.328 e. The second-order valence-corrected chi connectivity index (χ2v) is 5.46. The molecule has 1 amide bonds. The van der Waals surface area contributed by atoms with Crippen molar-refractivity contribution in [3.05, 3.63) is 49.5 Å². The Bertz CT molecular complexity index is 830. The number of H-pyrrole nitrogens is 2. The van der Waals surface area contributed by atoms with Gasteiger partial charge in [0.05, 0.1) is 12.2 Å². The van der Waals surface area contributed by atoms with Gasteiger partial charge in [0.1, 0.15) is 6.54 Å². The summed E-state index contributed by atoms with van der Waals surface area (Å²) >= 11 is 0. The molecule has 3 N–H and O–H groups in total. The van der Waals surface area contributed by atoms with E-state index in [0.29, 0.717) is 12.1 Å². The largest absolute Gasteiger partial charge is 0.349 e. The Morgan fingerprint density at radius 1 is 1.41 bits per heavy atom. The molecule has 116 valence electrons. The molecule has 0 fully saturated rings. The van der Waals surface area contributed by atoms with Gasteiger partial charge in [-0.2, -0.15) is 5.10 Å². The quantitative estimate of drug-likeness (QED) is 0.698. The topological polar surface area (TPSA) is 113 Å². The number of nitrogens with zero attached hydrogens (tertiary/aromatic N) is 2. The number of aryl methyl sites for hydroxylation is 2. The lowest BCUT2D eigenvalue weighted by Crippen LogP contribution is -2.36. The van der Waals surface area contributed by atoms with Gasteiger partial charge in [0, 0.05) is 17.5 Å². The van der Waals surface area contributed by atoms with E-state index in [2.05, 4.69) is 20.5 Å². The van der Waals surface area contributed by atoms with E-state index in [0.717, 1.165) is 30.7 Å². The van der Waals surface area contributed by atoms with Crippen molar-refractivity contribution in [1.29, 1.82) is 0 Å². The number of hydrogen-bond donors (Lipinski definition) is 3. The van der Waals surface area contributed by atoms with E-state index < -0.39 is 11.2 Å².